The summed E-state index contributed by atoms with van der Waals surface area (Å²) < 4.78 is 0. The molecule has 0 aromatic rings. The van der Waals surface area contributed by atoms with Crippen LogP contribution in [0.2, 0.25) is 0 Å². The molecular formula is C15H20O7. The van der Waals surface area contributed by atoms with Crippen molar-refractivity contribution in [2.24, 2.45) is 5.41 Å². The molecule has 0 aliphatic heterocycles. The van der Waals surface area contributed by atoms with Gasteiger partial charge in [0.1, 0.15) is 0 Å². The fourth-order valence-electron chi connectivity index (χ4n) is 1.93. The maximum absolute atomic E-state index is 11.0. The summed E-state index contributed by atoms with van der Waals surface area (Å²) in [6.45, 7) is 3.54. The minimum Gasteiger partial charge on any atom is -0.478 e. The van der Waals surface area contributed by atoms with Crippen molar-refractivity contribution in [2.45, 2.75) is 27.2 Å². The number of aliphatic hydroxyl groups is 1. The van der Waals surface area contributed by atoms with Crippen LogP contribution in [-0.4, -0.2) is 44.9 Å². The molecule has 0 amide bonds. The molecule has 0 heterocycles. The van der Waals surface area contributed by atoms with Gasteiger partial charge in [-0.2, -0.15) is 0 Å². The number of aliphatic hydroxyl groups excluding tert-OH is 1. The summed E-state index contributed by atoms with van der Waals surface area (Å²) in [6.07, 6.45) is 3.67. The third kappa shape index (κ3) is 5.92. The summed E-state index contributed by atoms with van der Waals surface area (Å²) in [5.41, 5.74) is -1.57. The minimum absolute atomic E-state index is 0.0488. The molecule has 0 saturated heterocycles. The van der Waals surface area contributed by atoms with Crippen molar-refractivity contribution < 1.29 is 34.8 Å². The third-order valence-electron chi connectivity index (χ3n) is 3.01. The topological polar surface area (TPSA) is 132 Å². The van der Waals surface area contributed by atoms with E-state index in [-0.39, 0.29) is 29.7 Å². The highest BCUT2D eigenvalue weighted by Crippen LogP contribution is 2.32. The molecule has 0 aromatic carbocycles. The normalized spacial score (nSPS) is 16.1. The third-order valence-corrected chi connectivity index (χ3v) is 3.01. The number of carboxylic acid groups (broad SMARTS) is 3. The van der Waals surface area contributed by atoms with E-state index in [0.29, 0.717) is 0 Å². The second-order valence-electron chi connectivity index (χ2n) is 4.98. The fourth-order valence-corrected chi connectivity index (χ4v) is 1.93. The van der Waals surface area contributed by atoms with Crippen molar-refractivity contribution in [1.82, 2.24) is 0 Å². The van der Waals surface area contributed by atoms with E-state index in [9.17, 15) is 19.5 Å². The Bertz CT molecular complexity index is 478. The van der Waals surface area contributed by atoms with Crippen LogP contribution in [0.15, 0.2) is 34.9 Å². The first kappa shape index (κ1) is 19.6. The van der Waals surface area contributed by atoms with Gasteiger partial charge in [-0.15, -0.1) is 0 Å². The second kappa shape index (κ2) is 8.14. The van der Waals surface area contributed by atoms with Gasteiger partial charge in [0.15, 0.2) is 0 Å². The maximum atomic E-state index is 11.0. The summed E-state index contributed by atoms with van der Waals surface area (Å²) in [7, 11) is 0. The zero-order chi connectivity index (χ0) is 17.5. The number of allylic oxidation sites excluding steroid dienone is 3. The lowest BCUT2D eigenvalue weighted by atomic mass is 9.79. The van der Waals surface area contributed by atoms with E-state index in [4.69, 9.17) is 15.3 Å². The Morgan fingerprint density at radius 1 is 0.773 bits per heavy atom. The van der Waals surface area contributed by atoms with Crippen molar-refractivity contribution in [3.63, 3.8) is 0 Å². The van der Waals surface area contributed by atoms with Crippen LogP contribution in [0.1, 0.15) is 27.2 Å². The SMILES string of the molecule is CC(=CC(C=C(C)C(=O)O)(C=C(C)C(=O)O)CCO)C(=O)O. The first-order valence-electron chi connectivity index (χ1n) is 6.44. The van der Waals surface area contributed by atoms with Crippen LogP contribution in [-0.2, 0) is 14.4 Å². The molecule has 0 saturated carbocycles. The monoisotopic (exact) mass is 312 g/mol. The maximum Gasteiger partial charge on any atom is 0.330 e. The number of carboxylic acids is 3. The number of hydrogen-bond acceptors (Lipinski definition) is 4. The van der Waals surface area contributed by atoms with E-state index in [0.717, 1.165) is 0 Å². The van der Waals surface area contributed by atoms with Gasteiger partial charge in [0, 0.05) is 28.7 Å². The largest absolute Gasteiger partial charge is 0.478 e. The lowest BCUT2D eigenvalue weighted by Crippen LogP contribution is -2.20. The zero-order valence-electron chi connectivity index (χ0n) is 12.7. The van der Waals surface area contributed by atoms with Gasteiger partial charge in [0.2, 0.25) is 0 Å². The van der Waals surface area contributed by atoms with Crippen molar-refractivity contribution in [3.05, 3.63) is 34.9 Å². The Labute approximate surface area is 127 Å². The predicted molar refractivity (Wildman–Crippen MR) is 78.3 cm³/mol. The molecule has 0 spiro atoms. The lowest BCUT2D eigenvalue weighted by Gasteiger charge is -2.25. The zero-order valence-corrected chi connectivity index (χ0v) is 12.7. The first-order chi connectivity index (χ1) is 10.0. The molecule has 122 valence electrons. The van der Waals surface area contributed by atoms with E-state index >= 15 is 0 Å². The van der Waals surface area contributed by atoms with Crippen LogP contribution in [0.5, 0.6) is 0 Å². The first-order valence-corrected chi connectivity index (χ1v) is 6.44. The molecule has 7 nitrogen and oxygen atoms in total. The van der Waals surface area contributed by atoms with E-state index in [2.05, 4.69) is 0 Å². The average Bonchev–Trinajstić information content (AvgIpc) is 2.38. The van der Waals surface area contributed by atoms with Crippen LogP contribution >= 0.6 is 0 Å². The van der Waals surface area contributed by atoms with E-state index in [1.54, 1.807) is 0 Å². The Balaban J connectivity index is 6.31. The van der Waals surface area contributed by atoms with Gasteiger partial charge in [0.25, 0.3) is 0 Å². The Morgan fingerprint density at radius 2 is 1.05 bits per heavy atom. The van der Waals surface area contributed by atoms with Crippen LogP contribution < -0.4 is 0 Å². The molecule has 0 fully saturated rings. The van der Waals surface area contributed by atoms with Crippen molar-refractivity contribution in [1.29, 1.82) is 0 Å². The number of rotatable bonds is 8. The highest BCUT2D eigenvalue weighted by atomic mass is 16.4. The van der Waals surface area contributed by atoms with Gasteiger partial charge in [0.05, 0.1) is 0 Å². The molecule has 0 radical (unpaired) electrons. The predicted octanol–water partition coefficient (Wildman–Crippen LogP) is 1.45. The summed E-state index contributed by atoms with van der Waals surface area (Å²) in [5.74, 6) is -3.65. The van der Waals surface area contributed by atoms with Gasteiger partial charge in [-0.25, -0.2) is 14.4 Å². The Kier molecular flexibility index (Phi) is 7.24. The minimum atomic E-state index is -1.32. The van der Waals surface area contributed by atoms with Crippen molar-refractivity contribution >= 4 is 17.9 Å². The Hall–Kier alpha value is -2.41. The highest BCUT2D eigenvalue weighted by molar-refractivity contribution is 5.89. The fraction of sp³-hybridized carbons (Fsp3) is 0.400. The van der Waals surface area contributed by atoms with Crippen LogP contribution in [0.25, 0.3) is 0 Å². The van der Waals surface area contributed by atoms with E-state index in [1.807, 2.05) is 0 Å². The van der Waals surface area contributed by atoms with E-state index in [1.165, 1.54) is 39.0 Å². The molecule has 0 aliphatic rings. The molecular weight excluding hydrogens is 292 g/mol. The van der Waals surface area contributed by atoms with Gasteiger partial charge < -0.3 is 20.4 Å². The number of aliphatic carboxylic acids is 3. The summed E-state index contributed by atoms with van der Waals surface area (Å²) >= 11 is 0. The Morgan fingerprint density at radius 3 is 1.23 bits per heavy atom. The number of hydrogen-bond donors (Lipinski definition) is 4. The van der Waals surface area contributed by atoms with Crippen LogP contribution in [0.3, 0.4) is 0 Å². The second-order valence-corrected chi connectivity index (χ2v) is 4.98. The summed E-state index contributed by atoms with van der Waals surface area (Å²) in [6, 6.07) is 0. The molecule has 0 atom stereocenters. The number of carbonyl (C=O) groups is 3. The smallest absolute Gasteiger partial charge is 0.330 e. The van der Waals surface area contributed by atoms with Gasteiger partial charge in [-0.05, 0) is 27.2 Å². The van der Waals surface area contributed by atoms with Crippen LogP contribution in [0.4, 0.5) is 0 Å². The summed E-state index contributed by atoms with van der Waals surface area (Å²) in [4.78, 5) is 33.0. The quantitative estimate of drug-likeness (QED) is 0.498. The molecule has 0 rings (SSSR count). The lowest BCUT2D eigenvalue weighted by molar-refractivity contribution is -0.133. The van der Waals surface area contributed by atoms with Gasteiger partial charge in [-0.1, -0.05) is 18.2 Å². The van der Waals surface area contributed by atoms with E-state index < -0.39 is 23.3 Å². The standard InChI is InChI=1S/C15H20O7/c1-9(12(17)18)6-15(4-5-16,7-10(2)13(19)20)8-11(3)14(21)22/h6-8,16H,4-5H2,1-3H3,(H,17,18)(H,19,20)(H,21,22). The average molecular weight is 312 g/mol. The molecule has 0 aliphatic carbocycles. The van der Waals surface area contributed by atoms with Gasteiger partial charge in [-0.3, -0.25) is 0 Å². The summed E-state index contributed by atoms with van der Waals surface area (Å²) in [5, 5.41) is 36.2. The van der Waals surface area contributed by atoms with Gasteiger partial charge >= 0.3 is 17.9 Å². The molecule has 0 unspecified atom stereocenters. The van der Waals surface area contributed by atoms with Crippen molar-refractivity contribution in [3.8, 4) is 0 Å². The highest BCUT2D eigenvalue weighted by Gasteiger charge is 2.26. The van der Waals surface area contributed by atoms with Crippen molar-refractivity contribution in [2.75, 3.05) is 6.61 Å². The molecule has 0 aromatic heterocycles. The molecule has 22 heavy (non-hydrogen) atoms. The van der Waals surface area contributed by atoms with Crippen LogP contribution in [0, 0.1) is 5.41 Å². The molecule has 7 heteroatoms. The molecule has 0 bridgehead atoms. The molecule has 4 N–H and O–H groups in total.